The van der Waals surface area contributed by atoms with Crippen LogP contribution in [0.1, 0.15) is 20.3 Å². The molecule has 1 aromatic carbocycles. The Morgan fingerprint density at radius 2 is 1.90 bits per heavy atom. The van der Waals surface area contributed by atoms with E-state index in [4.69, 9.17) is 10.9 Å². The molecule has 0 aliphatic heterocycles. The van der Waals surface area contributed by atoms with Crippen molar-refractivity contribution in [3.05, 3.63) is 24.3 Å². The van der Waals surface area contributed by atoms with E-state index in [0.29, 0.717) is 18.0 Å². The molecule has 0 aliphatic rings. The number of nitrogens with one attached hydrogen (secondary N) is 2. The smallest absolute Gasteiger partial charge is 0.296 e. The van der Waals surface area contributed by atoms with Crippen molar-refractivity contribution in [1.82, 2.24) is 0 Å². The molecule has 1 rings (SSSR count). The van der Waals surface area contributed by atoms with Gasteiger partial charge in [0.1, 0.15) is 0 Å². The molecule has 1 unspecified atom stereocenters. The largest absolute Gasteiger partial charge is 0.325 e. The number of carbonyl (C=O) groups excluding carboxylic acids is 1. The summed E-state index contributed by atoms with van der Waals surface area (Å²) in [5, 5.41) is 7.51. The van der Waals surface area contributed by atoms with Gasteiger partial charge in [0.25, 0.3) is 10.2 Å². The van der Waals surface area contributed by atoms with Gasteiger partial charge in [0.2, 0.25) is 5.91 Å². The van der Waals surface area contributed by atoms with Crippen LogP contribution in [0.4, 0.5) is 11.4 Å². The number of hydrogen-bond acceptors (Lipinski definition) is 4. The highest BCUT2D eigenvalue weighted by Crippen LogP contribution is 2.16. The summed E-state index contributed by atoms with van der Waals surface area (Å²) >= 11 is 0. The summed E-state index contributed by atoms with van der Waals surface area (Å²) in [5.41, 5.74) is 6.48. The number of anilines is 2. The summed E-state index contributed by atoms with van der Waals surface area (Å²) < 4.78 is 24.0. The van der Waals surface area contributed by atoms with E-state index in [1.807, 2.05) is 13.8 Å². The molecule has 1 atom stereocenters. The van der Waals surface area contributed by atoms with Gasteiger partial charge in [-0.3, -0.25) is 9.52 Å². The van der Waals surface area contributed by atoms with Crippen LogP contribution in [0.3, 0.4) is 0 Å². The van der Waals surface area contributed by atoms with Gasteiger partial charge in [-0.25, -0.2) is 5.14 Å². The fourth-order valence-corrected chi connectivity index (χ4v) is 2.13. The van der Waals surface area contributed by atoms with Gasteiger partial charge < -0.3 is 11.1 Å². The highest BCUT2D eigenvalue weighted by atomic mass is 32.2. The monoisotopic (exact) mass is 300 g/mol. The zero-order valence-corrected chi connectivity index (χ0v) is 12.3. The minimum absolute atomic E-state index is 0.266. The number of benzene rings is 1. The summed E-state index contributed by atoms with van der Waals surface area (Å²) in [4.78, 5) is 11.8. The second kappa shape index (κ2) is 6.69. The van der Waals surface area contributed by atoms with Crippen molar-refractivity contribution in [1.29, 1.82) is 0 Å². The maximum absolute atomic E-state index is 11.8. The first-order valence-corrected chi connectivity index (χ1v) is 7.69. The molecule has 7 nitrogen and oxygen atoms in total. The van der Waals surface area contributed by atoms with Crippen LogP contribution in [0.15, 0.2) is 24.3 Å². The molecule has 0 heterocycles. The lowest BCUT2D eigenvalue weighted by molar-refractivity contribution is -0.117. The standard InChI is InChI=1S/C12H20N4O3S/c1-8(2)6-11(13)12(17)15-9-4-3-5-10(7-9)16-20(14,18)19/h3-5,7-8,11,16H,6,13H2,1-2H3,(H,15,17)(H2,14,18,19). The van der Waals surface area contributed by atoms with Gasteiger partial charge >= 0.3 is 0 Å². The van der Waals surface area contributed by atoms with Crippen molar-refractivity contribution >= 4 is 27.5 Å². The third kappa shape index (κ3) is 6.00. The van der Waals surface area contributed by atoms with Gasteiger partial charge in [0, 0.05) is 5.69 Å². The minimum Gasteiger partial charge on any atom is -0.325 e. The summed E-state index contributed by atoms with van der Waals surface area (Å²) in [7, 11) is -3.84. The zero-order valence-electron chi connectivity index (χ0n) is 11.5. The SMILES string of the molecule is CC(C)CC(N)C(=O)Nc1cccc(NS(N)(=O)=O)c1. The summed E-state index contributed by atoms with van der Waals surface area (Å²) in [6.45, 7) is 3.95. The van der Waals surface area contributed by atoms with Crippen molar-refractivity contribution in [2.75, 3.05) is 10.0 Å². The van der Waals surface area contributed by atoms with E-state index in [1.54, 1.807) is 12.1 Å². The molecular weight excluding hydrogens is 280 g/mol. The molecule has 0 radical (unpaired) electrons. The topological polar surface area (TPSA) is 127 Å². The lowest BCUT2D eigenvalue weighted by Gasteiger charge is -2.14. The molecule has 1 aromatic rings. The average molecular weight is 300 g/mol. The van der Waals surface area contributed by atoms with Gasteiger partial charge in [-0.05, 0) is 30.5 Å². The first kappa shape index (κ1) is 16.4. The van der Waals surface area contributed by atoms with E-state index in [2.05, 4.69) is 10.0 Å². The van der Waals surface area contributed by atoms with Crippen LogP contribution in [0.5, 0.6) is 0 Å². The molecule has 0 spiro atoms. The van der Waals surface area contributed by atoms with Crippen LogP contribution in [-0.2, 0) is 15.0 Å². The van der Waals surface area contributed by atoms with Crippen molar-refractivity contribution in [2.24, 2.45) is 16.8 Å². The molecule has 0 saturated heterocycles. The number of carbonyl (C=O) groups is 1. The van der Waals surface area contributed by atoms with Crippen molar-refractivity contribution in [3.8, 4) is 0 Å². The molecule has 0 bridgehead atoms. The van der Waals surface area contributed by atoms with Crippen LogP contribution in [0.2, 0.25) is 0 Å². The fourth-order valence-electron chi connectivity index (χ4n) is 1.67. The van der Waals surface area contributed by atoms with Crippen molar-refractivity contribution in [3.63, 3.8) is 0 Å². The fraction of sp³-hybridized carbons (Fsp3) is 0.417. The normalized spacial score (nSPS) is 13.1. The van der Waals surface area contributed by atoms with E-state index in [9.17, 15) is 13.2 Å². The third-order valence-corrected chi connectivity index (χ3v) is 2.97. The number of nitrogens with two attached hydrogens (primary N) is 2. The Morgan fingerprint density at radius 3 is 2.45 bits per heavy atom. The molecule has 112 valence electrons. The Bertz CT molecular complexity index is 572. The molecule has 8 heteroatoms. The predicted octanol–water partition coefficient (Wildman–Crippen LogP) is 0.614. The van der Waals surface area contributed by atoms with Crippen molar-refractivity contribution in [2.45, 2.75) is 26.3 Å². The molecule has 20 heavy (non-hydrogen) atoms. The average Bonchev–Trinajstić information content (AvgIpc) is 2.25. The molecule has 0 fully saturated rings. The maximum Gasteiger partial charge on any atom is 0.296 e. The van der Waals surface area contributed by atoms with E-state index in [0.717, 1.165) is 0 Å². The maximum atomic E-state index is 11.8. The second-order valence-electron chi connectivity index (χ2n) is 4.95. The van der Waals surface area contributed by atoms with Crippen LogP contribution < -0.4 is 20.9 Å². The summed E-state index contributed by atoms with van der Waals surface area (Å²) in [6.07, 6.45) is 0.570. The van der Waals surface area contributed by atoms with Crippen molar-refractivity contribution < 1.29 is 13.2 Å². The minimum atomic E-state index is -3.84. The van der Waals surface area contributed by atoms with Gasteiger partial charge in [-0.2, -0.15) is 8.42 Å². The Morgan fingerprint density at radius 1 is 1.30 bits per heavy atom. The molecule has 1 amide bonds. The summed E-state index contributed by atoms with van der Waals surface area (Å²) in [5.74, 6) is -0.00223. The quantitative estimate of drug-likeness (QED) is 0.613. The first-order valence-electron chi connectivity index (χ1n) is 6.14. The highest BCUT2D eigenvalue weighted by Gasteiger charge is 2.15. The van der Waals surface area contributed by atoms with Crippen LogP contribution >= 0.6 is 0 Å². The third-order valence-electron chi connectivity index (χ3n) is 2.45. The van der Waals surface area contributed by atoms with E-state index in [-0.39, 0.29) is 11.6 Å². The van der Waals surface area contributed by atoms with Gasteiger partial charge in [0.15, 0.2) is 0 Å². The van der Waals surface area contributed by atoms with Crippen LogP contribution in [-0.4, -0.2) is 20.4 Å². The van der Waals surface area contributed by atoms with Crippen LogP contribution in [0.25, 0.3) is 0 Å². The molecule has 6 N–H and O–H groups in total. The Balaban J connectivity index is 2.73. The van der Waals surface area contributed by atoms with E-state index >= 15 is 0 Å². The zero-order chi connectivity index (χ0) is 15.3. The Kier molecular flexibility index (Phi) is 5.49. The molecule has 0 aromatic heterocycles. The van der Waals surface area contributed by atoms with Gasteiger partial charge in [-0.1, -0.05) is 19.9 Å². The Hall–Kier alpha value is -1.64. The van der Waals surface area contributed by atoms with E-state index in [1.165, 1.54) is 12.1 Å². The molecule has 0 saturated carbocycles. The summed E-state index contributed by atoms with van der Waals surface area (Å²) in [6, 6.07) is 5.61. The Labute approximate surface area is 118 Å². The van der Waals surface area contributed by atoms with E-state index < -0.39 is 16.3 Å². The number of hydrogen-bond donors (Lipinski definition) is 4. The predicted molar refractivity (Wildman–Crippen MR) is 79.2 cm³/mol. The lowest BCUT2D eigenvalue weighted by atomic mass is 10.0. The number of amides is 1. The number of rotatable bonds is 6. The lowest BCUT2D eigenvalue weighted by Crippen LogP contribution is -2.36. The molecular formula is C12H20N4O3S. The van der Waals surface area contributed by atoms with Gasteiger partial charge in [0.05, 0.1) is 11.7 Å². The highest BCUT2D eigenvalue weighted by molar-refractivity contribution is 7.90. The molecule has 0 aliphatic carbocycles. The van der Waals surface area contributed by atoms with Crippen LogP contribution in [0, 0.1) is 5.92 Å². The van der Waals surface area contributed by atoms with Gasteiger partial charge in [-0.15, -0.1) is 0 Å². The first-order chi connectivity index (χ1) is 9.17. The second-order valence-corrected chi connectivity index (χ2v) is 6.25.